The van der Waals surface area contributed by atoms with Crippen LogP contribution < -0.4 is 10.5 Å². The van der Waals surface area contributed by atoms with Crippen LogP contribution in [-0.2, 0) is 16.6 Å². The Morgan fingerprint density at radius 3 is 2.42 bits per heavy atom. The predicted molar refractivity (Wildman–Crippen MR) is 75.1 cm³/mol. The Morgan fingerprint density at radius 1 is 1.21 bits per heavy atom. The lowest BCUT2D eigenvalue weighted by atomic mass is 9.97. The van der Waals surface area contributed by atoms with Gasteiger partial charge in [0.05, 0.1) is 4.90 Å². The van der Waals surface area contributed by atoms with Gasteiger partial charge in [-0.1, -0.05) is 32.1 Å². The first-order chi connectivity index (χ1) is 9.12. The Morgan fingerprint density at radius 2 is 1.84 bits per heavy atom. The molecule has 1 fully saturated rings. The Bertz CT molecular complexity index is 488. The van der Waals surface area contributed by atoms with Crippen molar-refractivity contribution in [2.45, 2.75) is 62.4 Å². The maximum Gasteiger partial charge on any atom is 0.242 e. The topological polar surface area (TPSA) is 88.0 Å². The molecule has 0 bridgehead atoms. The minimum Gasteiger partial charge on any atom is -0.363 e. The normalized spacial score (nSPS) is 19.0. The lowest BCUT2D eigenvalue weighted by Gasteiger charge is -2.20. The predicted octanol–water partition coefficient (Wildman–Crippen LogP) is 1.86. The number of hydrogen-bond donors (Lipinski definition) is 3. The van der Waals surface area contributed by atoms with E-state index in [0.29, 0.717) is 6.54 Å². The van der Waals surface area contributed by atoms with E-state index in [1.807, 2.05) is 0 Å². The number of aromatic amines is 1. The summed E-state index contributed by atoms with van der Waals surface area (Å²) in [4.78, 5) is 3.16. The van der Waals surface area contributed by atoms with Crippen molar-refractivity contribution in [3.63, 3.8) is 0 Å². The second kappa shape index (κ2) is 6.54. The van der Waals surface area contributed by atoms with Crippen molar-refractivity contribution in [3.05, 3.63) is 18.0 Å². The fourth-order valence-corrected chi connectivity index (χ4v) is 3.88. The SMILES string of the molecule is NCc1cc(S(=O)(=O)NC2CCCCCCC2)c[nH]1. The van der Waals surface area contributed by atoms with Gasteiger partial charge in [0, 0.05) is 24.5 Å². The van der Waals surface area contributed by atoms with Crippen LogP contribution in [0.15, 0.2) is 17.2 Å². The van der Waals surface area contributed by atoms with Crippen molar-refractivity contribution < 1.29 is 8.42 Å². The Balaban J connectivity index is 2.02. The van der Waals surface area contributed by atoms with Crippen LogP contribution in [0, 0.1) is 0 Å². The van der Waals surface area contributed by atoms with E-state index in [2.05, 4.69) is 9.71 Å². The molecule has 0 aromatic carbocycles. The Hall–Kier alpha value is -0.850. The van der Waals surface area contributed by atoms with Gasteiger partial charge in [-0.2, -0.15) is 0 Å². The number of nitrogens with two attached hydrogens (primary N) is 1. The molecule has 19 heavy (non-hydrogen) atoms. The minimum atomic E-state index is -3.41. The van der Waals surface area contributed by atoms with Gasteiger partial charge in [-0.3, -0.25) is 0 Å². The van der Waals surface area contributed by atoms with Gasteiger partial charge in [0.15, 0.2) is 0 Å². The average molecular weight is 285 g/mol. The Kier molecular flexibility index (Phi) is 5.01. The van der Waals surface area contributed by atoms with Crippen molar-refractivity contribution in [2.24, 2.45) is 5.73 Å². The summed E-state index contributed by atoms with van der Waals surface area (Å²) in [6, 6.07) is 1.67. The van der Waals surface area contributed by atoms with Crippen LogP contribution in [0.25, 0.3) is 0 Å². The van der Waals surface area contributed by atoms with E-state index >= 15 is 0 Å². The molecule has 108 valence electrons. The molecule has 4 N–H and O–H groups in total. The highest BCUT2D eigenvalue weighted by molar-refractivity contribution is 7.89. The first-order valence-corrected chi connectivity index (χ1v) is 8.50. The smallest absolute Gasteiger partial charge is 0.242 e. The van der Waals surface area contributed by atoms with Crippen molar-refractivity contribution in [2.75, 3.05) is 0 Å². The summed E-state index contributed by atoms with van der Waals surface area (Å²) in [6.45, 7) is 0.318. The zero-order valence-electron chi connectivity index (χ0n) is 11.2. The highest BCUT2D eigenvalue weighted by Crippen LogP contribution is 2.19. The van der Waals surface area contributed by atoms with E-state index in [1.54, 1.807) is 6.07 Å². The molecule has 0 amide bonds. The van der Waals surface area contributed by atoms with Crippen molar-refractivity contribution in [1.29, 1.82) is 0 Å². The molecule has 0 spiro atoms. The number of nitrogens with one attached hydrogen (secondary N) is 2. The van der Waals surface area contributed by atoms with E-state index in [0.717, 1.165) is 31.4 Å². The van der Waals surface area contributed by atoms with Gasteiger partial charge < -0.3 is 10.7 Å². The van der Waals surface area contributed by atoms with E-state index in [1.165, 1.54) is 25.5 Å². The molecule has 0 aliphatic heterocycles. The summed E-state index contributed by atoms with van der Waals surface area (Å²) < 4.78 is 27.3. The number of H-pyrrole nitrogens is 1. The highest BCUT2D eigenvalue weighted by Gasteiger charge is 2.21. The number of rotatable bonds is 4. The molecule has 1 aliphatic rings. The van der Waals surface area contributed by atoms with Crippen molar-refractivity contribution in [3.8, 4) is 0 Å². The summed E-state index contributed by atoms with van der Waals surface area (Å²) in [7, 11) is -3.41. The third kappa shape index (κ3) is 4.06. The van der Waals surface area contributed by atoms with Crippen LogP contribution in [0.2, 0.25) is 0 Å². The fourth-order valence-electron chi connectivity index (χ4n) is 2.55. The molecule has 2 rings (SSSR count). The summed E-state index contributed by atoms with van der Waals surface area (Å²) in [6.07, 6.45) is 9.29. The van der Waals surface area contributed by atoms with E-state index in [-0.39, 0.29) is 10.9 Å². The molecule has 0 unspecified atom stereocenters. The molecule has 1 aromatic rings. The second-order valence-electron chi connectivity index (χ2n) is 5.23. The molecule has 0 atom stereocenters. The van der Waals surface area contributed by atoms with E-state index in [9.17, 15) is 8.42 Å². The maximum atomic E-state index is 12.3. The second-order valence-corrected chi connectivity index (χ2v) is 6.94. The largest absolute Gasteiger partial charge is 0.363 e. The molecule has 0 radical (unpaired) electrons. The molecule has 1 aliphatic carbocycles. The minimum absolute atomic E-state index is 0.0709. The van der Waals surface area contributed by atoms with Gasteiger partial charge in [-0.15, -0.1) is 0 Å². The van der Waals surface area contributed by atoms with E-state index < -0.39 is 10.0 Å². The number of aromatic nitrogens is 1. The molecular formula is C13H23N3O2S. The highest BCUT2D eigenvalue weighted by atomic mass is 32.2. The zero-order valence-corrected chi connectivity index (χ0v) is 12.0. The zero-order chi connectivity index (χ0) is 13.7. The third-order valence-corrected chi connectivity index (χ3v) is 5.17. The lowest BCUT2D eigenvalue weighted by Crippen LogP contribution is -2.35. The van der Waals surface area contributed by atoms with E-state index in [4.69, 9.17) is 5.73 Å². The van der Waals surface area contributed by atoms with Crippen LogP contribution in [0.5, 0.6) is 0 Å². The number of hydrogen-bond acceptors (Lipinski definition) is 3. The first-order valence-electron chi connectivity index (χ1n) is 7.01. The van der Waals surface area contributed by atoms with Gasteiger partial charge in [-0.05, 0) is 18.9 Å². The summed E-state index contributed by atoms with van der Waals surface area (Å²) >= 11 is 0. The van der Waals surface area contributed by atoms with Crippen molar-refractivity contribution >= 4 is 10.0 Å². The Labute approximate surface area is 115 Å². The summed E-state index contributed by atoms with van der Waals surface area (Å²) in [5.41, 5.74) is 6.22. The summed E-state index contributed by atoms with van der Waals surface area (Å²) in [5, 5.41) is 0. The number of sulfonamides is 1. The first kappa shape index (κ1) is 14.6. The quantitative estimate of drug-likeness (QED) is 0.789. The van der Waals surface area contributed by atoms with Gasteiger partial charge in [-0.25, -0.2) is 13.1 Å². The average Bonchev–Trinajstić information content (AvgIpc) is 2.82. The third-order valence-electron chi connectivity index (χ3n) is 3.67. The van der Waals surface area contributed by atoms with Gasteiger partial charge in [0.2, 0.25) is 10.0 Å². The monoisotopic (exact) mass is 285 g/mol. The molecule has 1 aromatic heterocycles. The fraction of sp³-hybridized carbons (Fsp3) is 0.692. The van der Waals surface area contributed by atoms with Crippen LogP contribution in [0.1, 0.15) is 50.6 Å². The van der Waals surface area contributed by atoms with Crippen LogP contribution in [0.3, 0.4) is 0 Å². The van der Waals surface area contributed by atoms with Gasteiger partial charge in [0.1, 0.15) is 0 Å². The van der Waals surface area contributed by atoms with Gasteiger partial charge in [0.25, 0.3) is 0 Å². The molecule has 6 heteroatoms. The lowest BCUT2D eigenvalue weighted by molar-refractivity contribution is 0.426. The summed E-state index contributed by atoms with van der Waals surface area (Å²) in [5.74, 6) is 0. The standard InChI is InChI=1S/C13H23N3O2S/c14-9-12-8-13(10-15-12)19(17,18)16-11-6-4-2-1-3-5-7-11/h8,10-11,15-16H,1-7,9,14H2. The molecule has 0 saturated heterocycles. The molecular weight excluding hydrogens is 262 g/mol. The van der Waals surface area contributed by atoms with Crippen molar-refractivity contribution in [1.82, 2.24) is 9.71 Å². The molecule has 5 nitrogen and oxygen atoms in total. The van der Waals surface area contributed by atoms with Crippen LogP contribution in [0.4, 0.5) is 0 Å². The maximum absolute atomic E-state index is 12.3. The van der Waals surface area contributed by atoms with Crippen LogP contribution in [-0.4, -0.2) is 19.4 Å². The molecule has 1 saturated carbocycles. The van der Waals surface area contributed by atoms with Gasteiger partial charge >= 0.3 is 0 Å². The molecule has 1 heterocycles. The van der Waals surface area contributed by atoms with Crippen LogP contribution >= 0.6 is 0 Å².